The molecule has 9 nitrogen and oxygen atoms in total. The minimum Gasteiger partial charge on any atom is -0.496 e. The van der Waals surface area contributed by atoms with Crippen LogP contribution in [0.1, 0.15) is 10.4 Å². The van der Waals surface area contributed by atoms with Crippen molar-refractivity contribution >= 4 is 54.2 Å². The fourth-order valence-electron chi connectivity index (χ4n) is 3.66. The molecule has 1 fully saturated rings. The Kier molecular flexibility index (Phi) is 6.33. The van der Waals surface area contributed by atoms with Crippen LogP contribution in [0.15, 0.2) is 52.0 Å². The van der Waals surface area contributed by atoms with Crippen molar-refractivity contribution in [3.05, 3.63) is 52.6 Å². The molecule has 0 atom stereocenters. The second-order valence-corrected chi connectivity index (χ2v) is 9.95. The van der Waals surface area contributed by atoms with Crippen LogP contribution >= 0.6 is 15.9 Å². The number of sulfonamides is 1. The number of methoxy groups -OCH3 is 1. The molecule has 0 spiro atoms. The standard InChI is InChI=1S/C21H21BrN4O5S/c1-31-17-4-2-3-16(19(17)21(27)28)25-20-14-11-13(22)5-6-15(14)24-12-18(20)32(29,30)26-9-7-23-8-10-26/h2-6,11-12,23H,7-10H2,1H3,(H,24,25)(H,27,28). The number of piperazine rings is 1. The summed E-state index contributed by atoms with van der Waals surface area (Å²) in [7, 11) is -2.51. The first-order valence-corrected chi connectivity index (χ1v) is 12.0. The molecule has 3 N–H and O–H groups in total. The highest BCUT2D eigenvalue weighted by atomic mass is 79.9. The fraction of sp³-hybridized carbons (Fsp3) is 0.238. The first-order chi connectivity index (χ1) is 15.3. The second-order valence-electron chi connectivity index (χ2n) is 7.13. The van der Waals surface area contributed by atoms with E-state index in [1.54, 1.807) is 30.3 Å². The molecule has 3 aromatic rings. The number of rotatable bonds is 6. The average molecular weight is 521 g/mol. The zero-order chi connectivity index (χ0) is 22.9. The third-order valence-electron chi connectivity index (χ3n) is 5.21. The molecule has 0 radical (unpaired) electrons. The monoisotopic (exact) mass is 520 g/mol. The first-order valence-electron chi connectivity index (χ1n) is 9.79. The summed E-state index contributed by atoms with van der Waals surface area (Å²) in [6.45, 7) is 1.76. The van der Waals surface area contributed by atoms with Gasteiger partial charge in [-0.3, -0.25) is 4.98 Å². The minimum absolute atomic E-state index is 0.0239. The maximum absolute atomic E-state index is 13.5. The van der Waals surface area contributed by atoms with Gasteiger partial charge < -0.3 is 20.5 Å². The highest BCUT2D eigenvalue weighted by molar-refractivity contribution is 9.10. The average Bonchev–Trinajstić information content (AvgIpc) is 2.79. The quantitative estimate of drug-likeness (QED) is 0.453. The van der Waals surface area contributed by atoms with Gasteiger partial charge in [0.25, 0.3) is 0 Å². The van der Waals surface area contributed by atoms with Crippen LogP contribution in [0.2, 0.25) is 0 Å². The number of carboxylic acid groups (broad SMARTS) is 1. The number of aromatic nitrogens is 1. The molecule has 168 valence electrons. The summed E-state index contributed by atoms with van der Waals surface area (Å²) in [6, 6.07) is 10.1. The van der Waals surface area contributed by atoms with Gasteiger partial charge >= 0.3 is 5.97 Å². The van der Waals surface area contributed by atoms with Crippen molar-refractivity contribution in [2.24, 2.45) is 0 Å². The van der Waals surface area contributed by atoms with E-state index in [1.807, 2.05) is 0 Å². The molecule has 11 heteroatoms. The first kappa shape index (κ1) is 22.5. The van der Waals surface area contributed by atoms with E-state index in [1.165, 1.54) is 23.7 Å². The molecule has 1 aliphatic rings. The van der Waals surface area contributed by atoms with Gasteiger partial charge in [-0.15, -0.1) is 0 Å². The van der Waals surface area contributed by atoms with E-state index >= 15 is 0 Å². The minimum atomic E-state index is -3.89. The number of aromatic carboxylic acids is 1. The Balaban J connectivity index is 1.95. The normalized spacial score (nSPS) is 14.9. The molecule has 1 aliphatic heterocycles. The molecule has 0 aliphatic carbocycles. The Morgan fingerprint density at radius 2 is 2.00 bits per heavy atom. The number of nitrogens with zero attached hydrogens (tertiary/aromatic N) is 2. The Bertz CT molecular complexity index is 1290. The summed E-state index contributed by atoms with van der Waals surface area (Å²) in [5.41, 5.74) is 0.932. The summed E-state index contributed by atoms with van der Waals surface area (Å²) in [5, 5.41) is 16.5. The van der Waals surface area contributed by atoms with Crippen molar-refractivity contribution in [1.29, 1.82) is 0 Å². The van der Waals surface area contributed by atoms with Gasteiger partial charge in [0.15, 0.2) is 0 Å². The van der Waals surface area contributed by atoms with Crippen molar-refractivity contribution in [1.82, 2.24) is 14.6 Å². The van der Waals surface area contributed by atoms with Crippen LogP contribution in [-0.2, 0) is 10.0 Å². The molecule has 4 rings (SSSR count). The molecule has 0 unspecified atom stereocenters. The van der Waals surface area contributed by atoms with Gasteiger partial charge in [-0.05, 0) is 30.3 Å². The lowest BCUT2D eigenvalue weighted by molar-refractivity contribution is 0.0694. The number of nitrogens with one attached hydrogen (secondary N) is 2. The molecular formula is C21H21BrN4O5S. The molecule has 0 saturated carbocycles. The van der Waals surface area contributed by atoms with Crippen LogP contribution in [-0.4, -0.2) is 62.1 Å². The van der Waals surface area contributed by atoms with Crippen molar-refractivity contribution in [2.75, 3.05) is 38.6 Å². The van der Waals surface area contributed by atoms with Crippen molar-refractivity contribution in [2.45, 2.75) is 4.90 Å². The second kappa shape index (κ2) is 9.02. The lowest BCUT2D eigenvalue weighted by Gasteiger charge is -2.28. The lowest BCUT2D eigenvalue weighted by atomic mass is 10.1. The van der Waals surface area contributed by atoms with Crippen LogP contribution in [0.4, 0.5) is 11.4 Å². The highest BCUT2D eigenvalue weighted by Crippen LogP contribution is 2.37. The van der Waals surface area contributed by atoms with Crippen molar-refractivity contribution < 1.29 is 23.1 Å². The Labute approximate surface area is 193 Å². The molecule has 0 amide bonds. The predicted molar refractivity (Wildman–Crippen MR) is 124 cm³/mol. The molecule has 0 bridgehead atoms. The summed E-state index contributed by atoms with van der Waals surface area (Å²) in [5.74, 6) is -1.04. The number of benzene rings is 2. The van der Waals surface area contributed by atoms with E-state index in [-0.39, 0.29) is 27.6 Å². The number of carboxylic acids is 1. The number of ether oxygens (including phenoxy) is 1. The Morgan fingerprint density at radius 3 is 2.69 bits per heavy atom. The van der Waals surface area contributed by atoms with Gasteiger partial charge in [-0.2, -0.15) is 4.31 Å². The van der Waals surface area contributed by atoms with Crippen LogP contribution in [0, 0.1) is 0 Å². The summed E-state index contributed by atoms with van der Waals surface area (Å²) in [4.78, 5) is 16.3. The largest absolute Gasteiger partial charge is 0.496 e. The van der Waals surface area contributed by atoms with Gasteiger partial charge in [0.2, 0.25) is 10.0 Å². The predicted octanol–water partition coefficient (Wildman–Crippen LogP) is 3.04. The zero-order valence-corrected chi connectivity index (χ0v) is 19.5. The van der Waals surface area contributed by atoms with E-state index in [0.29, 0.717) is 37.1 Å². The Hall–Kier alpha value is -2.73. The maximum atomic E-state index is 13.5. The summed E-state index contributed by atoms with van der Waals surface area (Å²) < 4.78 is 34.4. The van der Waals surface area contributed by atoms with Gasteiger partial charge in [-0.25, -0.2) is 13.2 Å². The Morgan fingerprint density at radius 1 is 1.25 bits per heavy atom. The third-order valence-corrected chi connectivity index (χ3v) is 7.61. The number of hydrogen-bond acceptors (Lipinski definition) is 7. The molecule has 1 saturated heterocycles. The molecular weight excluding hydrogens is 500 g/mol. The molecule has 32 heavy (non-hydrogen) atoms. The number of hydrogen-bond donors (Lipinski definition) is 3. The van der Waals surface area contributed by atoms with Crippen LogP contribution < -0.4 is 15.4 Å². The topological polar surface area (TPSA) is 121 Å². The van der Waals surface area contributed by atoms with Gasteiger partial charge in [0.1, 0.15) is 16.2 Å². The van der Waals surface area contributed by atoms with E-state index in [2.05, 4.69) is 31.5 Å². The number of halogens is 1. The van der Waals surface area contributed by atoms with Crippen molar-refractivity contribution in [3.63, 3.8) is 0 Å². The molecule has 2 aromatic carbocycles. The van der Waals surface area contributed by atoms with Gasteiger partial charge in [0, 0.05) is 42.2 Å². The highest BCUT2D eigenvalue weighted by Gasteiger charge is 2.30. The number of fused-ring (bicyclic) bond motifs is 1. The van der Waals surface area contributed by atoms with Gasteiger partial charge in [-0.1, -0.05) is 22.0 Å². The number of anilines is 2. The number of pyridine rings is 1. The van der Waals surface area contributed by atoms with Crippen LogP contribution in [0.25, 0.3) is 10.9 Å². The summed E-state index contributed by atoms with van der Waals surface area (Å²) in [6.07, 6.45) is 1.32. The number of carbonyl (C=O) groups is 1. The van der Waals surface area contributed by atoms with E-state index in [4.69, 9.17) is 4.74 Å². The van der Waals surface area contributed by atoms with E-state index in [0.717, 1.165) is 4.47 Å². The SMILES string of the molecule is COc1cccc(Nc2c(S(=O)(=O)N3CCNCC3)cnc3ccc(Br)cc23)c1C(=O)O. The molecule has 1 aromatic heterocycles. The smallest absolute Gasteiger partial charge is 0.341 e. The van der Waals surface area contributed by atoms with E-state index in [9.17, 15) is 18.3 Å². The van der Waals surface area contributed by atoms with Crippen LogP contribution in [0.5, 0.6) is 5.75 Å². The third kappa shape index (κ3) is 4.16. The zero-order valence-electron chi connectivity index (χ0n) is 17.1. The molecule has 2 heterocycles. The van der Waals surface area contributed by atoms with Crippen LogP contribution in [0.3, 0.4) is 0 Å². The van der Waals surface area contributed by atoms with E-state index < -0.39 is 16.0 Å². The van der Waals surface area contributed by atoms with Gasteiger partial charge in [0.05, 0.1) is 24.0 Å². The summed E-state index contributed by atoms with van der Waals surface area (Å²) >= 11 is 3.43. The maximum Gasteiger partial charge on any atom is 0.341 e. The van der Waals surface area contributed by atoms with Crippen molar-refractivity contribution in [3.8, 4) is 5.75 Å². The fourth-order valence-corrected chi connectivity index (χ4v) is 5.56. The lowest BCUT2D eigenvalue weighted by Crippen LogP contribution is -2.46.